The molecule has 2 rings (SSSR count). The van der Waals surface area contributed by atoms with Gasteiger partial charge in [0.25, 0.3) is 5.91 Å². The molecule has 0 heterocycles. The van der Waals surface area contributed by atoms with Gasteiger partial charge in [0, 0.05) is 21.7 Å². The molecule has 0 bridgehead atoms. The lowest BCUT2D eigenvalue weighted by Gasteiger charge is -2.08. The lowest BCUT2D eigenvalue weighted by molar-refractivity contribution is 0.102. The second-order valence-corrected chi connectivity index (χ2v) is 4.84. The molecule has 0 aliphatic heterocycles. The summed E-state index contributed by atoms with van der Waals surface area (Å²) in [4.78, 5) is 12.1. The summed E-state index contributed by atoms with van der Waals surface area (Å²) >= 11 is 5.90. The second kappa shape index (κ2) is 6.09. The van der Waals surface area contributed by atoms with Crippen LogP contribution >= 0.6 is 11.6 Å². The molecular formula is C14H13BClNO3. The van der Waals surface area contributed by atoms with Crippen LogP contribution in [0.4, 0.5) is 5.69 Å². The van der Waals surface area contributed by atoms with Gasteiger partial charge >= 0.3 is 7.12 Å². The molecule has 0 aromatic heterocycles. The summed E-state index contributed by atoms with van der Waals surface area (Å²) < 4.78 is 0. The molecule has 6 heteroatoms. The average molecular weight is 290 g/mol. The Bertz CT molecular complexity index is 646. The molecule has 0 radical (unpaired) electrons. The van der Waals surface area contributed by atoms with Crippen LogP contribution in [0.5, 0.6) is 0 Å². The standard InChI is InChI=1S/C14H13BClNO3/c1-9-3-2-4-11(7-9)17-14(18)10-5-6-12(15(19)20)13(16)8-10/h2-8,19-20H,1H3,(H,17,18). The molecule has 0 unspecified atom stereocenters. The maximum Gasteiger partial charge on any atom is 0.489 e. The molecule has 3 N–H and O–H groups in total. The van der Waals surface area contributed by atoms with E-state index in [4.69, 9.17) is 21.6 Å². The number of hydrogen-bond donors (Lipinski definition) is 3. The molecule has 0 saturated heterocycles. The fraction of sp³-hybridized carbons (Fsp3) is 0.0714. The zero-order valence-electron chi connectivity index (χ0n) is 10.8. The van der Waals surface area contributed by atoms with E-state index in [1.807, 2.05) is 25.1 Å². The SMILES string of the molecule is Cc1cccc(NC(=O)c2ccc(B(O)O)c(Cl)c2)c1. The van der Waals surface area contributed by atoms with Crippen molar-refractivity contribution in [2.24, 2.45) is 0 Å². The molecule has 0 aliphatic rings. The fourth-order valence-corrected chi connectivity index (χ4v) is 2.08. The Morgan fingerprint density at radius 3 is 2.55 bits per heavy atom. The van der Waals surface area contributed by atoms with Crippen LogP contribution in [0, 0.1) is 6.92 Å². The van der Waals surface area contributed by atoms with Gasteiger partial charge in [-0.2, -0.15) is 0 Å². The van der Waals surface area contributed by atoms with Gasteiger partial charge in [-0.1, -0.05) is 29.8 Å². The first kappa shape index (κ1) is 14.6. The maximum absolute atomic E-state index is 12.1. The molecule has 0 aliphatic carbocycles. The first-order valence-electron chi connectivity index (χ1n) is 6.01. The largest absolute Gasteiger partial charge is 0.489 e. The monoisotopic (exact) mass is 289 g/mol. The quantitative estimate of drug-likeness (QED) is 0.751. The number of hydrogen-bond acceptors (Lipinski definition) is 3. The van der Waals surface area contributed by atoms with Crippen molar-refractivity contribution in [3.8, 4) is 0 Å². The number of aryl methyl sites for hydroxylation is 1. The Morgan fingerprint density at radius 1 is 1.20 bits per heavy atom. The van der Waals surface area contributed by atoms with E-state index < -0.39 is 7.12 Å². The number of nitrogens with one attached hydrogen (secondary N) is 1. The minimum Gasteiger partial charge on any atom is -0.423 e. The van der Waals surface area contributed by atoms with Gasteiger partial charge in [-0.25, -0.2) is 0 Å². The van der Waals surface area contributed by atoms with E-state index in [0.717, 1.165) is 5.56 Å². The maximum atomic E-state index is 12.1. The third kappa shape index (κ3) is 3.39. The van der Waals surface area contributed by atoms with E-state index in [1.54, 1.807) is 6.07 Å². The van der Waals surface area contributed by atoms with E-state index in [0.29, 0.717) is 11.3 Å². The van der Waals surface area contributed by atoms with Crippen molar-refractivity contribution < 1.29 is 14.8 Å². The van der Waals surface area contributed by atoms with Crippen LogP contribution in [0.25, 0.3) is 0 Å². The summed E-state index contributed by atoms with van der Waals surface area (Å²) in [5.41, 5.74) is 2.25. The van der Waals surface area contributed by atoms with E-state index in [9.17, 15) is 4.79 Å². The third-order valence-corrected chi connectivity index (χ3v) is 3.14. The first-order valence-corrected chi connectivity index (χ1v) is 6.39. The van der Waals surface area contributed by atoms with Crippen LogP contribution in [0.3, 0.4) is 0 Å². The predicted molar refractivity (Wildman–Crippen MR) is 80.4 cm³/mol. The Hall–Kier alpha value is -1.82. The van der Waals surface area contributed by atoms with E-state index >= 15 is 0 Å². The van der Waals surface area contributed by atoms with Crippen molar-refractivity contribution >= 4 is 35.8 Å². The van der Waals surface area contributed by atoms with Crippen molar-refractivity contribution in [1.29, 1.82) is 0 Å². The number of benzene rings is 2. The molecule has 2 aromatic rings. The van der Waals surface area contributed by atoms with Gasteiger partial charge in [0.15, 0.2) is 0 Å². The van der Waals surface area contributed by atoms with Gasteiger partial charge in [-0.05, 0) is 36.8 Å². The zero-order valence-corrected chi connectivity index (χ0v) is 11.6. The van der Waals surface area contributed by atoms with Crippen molar-refractivity contribution in [1.82, 2.24) is 0 Å². The van der Waals surface area contributed by atoms with Crippen LogP contribution in [-0.2, 0) is 0 Å². The van der Waals surface area contributed by atoms with Gasteiger partial charge in [-0.15, -0.1) is 0 Å². The fourth-order valence-electron chi connectivity index (χ4n) is 1.80. The summed E-state index contributed by atoms with van der Waals surface area (Å²) in [5, 5.41) is 21.0. The van der Waals surface area contributed by atoms with Crippen LogP contribution in [0.2, 0.25) is 5.02 Å². The van der Waals surface area contributed by atoms with Crippen LogP contribution < -0.4 is 10.8 Å². The third-order valence-electron chi connectivity index (χ3n) is 2.82. The van der Waals surface area contributed by atoms with Crippen molar-refractivity contribution in [2.75, 3.05) is 5.32 Å². The Kier molecular flexibility index (Phi) is 4.44. The Morgan fingerprint density at radius 2 is 1.95 bits per heavy atom. The predicted octanol–water partition coefficient (Wildman–Crippen LogP) is 1.58. The van der Waals surface area contributed by atoms with Gasteiger partial charge in [0.05, 0.1) is 0 Å². The molecule has 4 nitrogen and oxygen atoms in total. The van der Waals surface area contributed by atoms with Crippen LogP contribution in [-0.4, -0.2) is 23.1 Å². The highest BCUT2D eigenvalue weighted by molar-refractivity contribution is 6.62. The molecule has 0 saturated carbocycles. The average Bonchev–Trinajstić information content (AvgIpc) is 2.38. The highest BCUT2D eigenvalue weighted by Crippen LogP contribution is 2.14. The van der Waals surface area contributed by atoms with E-state index in [1.165, 1.54) is 18.2 Å². The lowest BCUT2D eigenvalue weighted by atomic mass is 9.80. The Balaban J connectivity index is 2.19. The van der Waals surface area contributed by atoms with E-state index in [-0.39, 0.29) is 16.4 Å². The number of rotatable bonds is 3. The number of anilines is 1. The summed E-state index contributed by atoms with van der Waals surface area (Å²) in [7, 11) is -1.66. The normalized spacial score (nSPS) is 10.2. The number of carbonyl (C=O) groups excluding carboxylic acids is 1. The number of carbonyl (C=O) groups is 1. The highest BCUT2D eigenvalue weighted by Gasteiger charge is 2.17. The van der Waals surface area contributed by atoms with Crippen molar-refractivity contribution in [2.45, 2.75) is 6.92 Å². The Labute approximate surface area is 122 Å². The van der Waals surface area contributed by atoms with Gasteiger partial charge in [-0.3, -0.25) is 4.79 Å². The highest BCUT2D eigenvalue weighted by atomic mass is 35.5. The smallest absolute Gasteiger partial charge is 0.423 e. The summed E-state index contributed by atoms with van der Waals surface area (Å²) in [6.45, 7) is 1.93. The topological polar surface area (TPSA) is 69.6 Å². The molecule has 20 heavy (non-hydrogen) atoms. The number of halogens is 1. The summed E-state index contributed by atoms with van der Waals surface area (Å²) in [5.74, 6) is -0.309. The first-order chi connectivity index (χ1) is 9.47. The molecular weight excluding hydrogens is 276 g/mol. The van der Waals surface area contributed by atoms with Crippen molar-refractivity contribution in [3.05, 3.63) is 58.6 Å². The van der Waals surface area contributed by atoms with E-state index in [2.05, 4.69) is 5.32 Å². The molecule has 0 atom stereocenters. The molecule has 102 valence electrons. The molecule has 0 fully saturated rings. The van der Waals surface area contributed by atoms with Crippen molar-refractivity contribution in [3.63, 3.8) is 0 Å². The summed E-state index contributed by atoms with van der Waals surface area (Å²) in [6.07, 6.45) is 0. The lowest BCUT2D eigenvalue weighted by Crippen LogP contribution is -2.31. The van der Waals surface area contributed by atoms with Gasteiger partial charge < -0.3 is 15.4 Å². The molecule has 2 aromatic carbocycles. The minimum atomic E-state index is -1.66. The molecule has 0 spiro atoms. The van der Waals surface area contributed by atoms with Gasteiger partial charge in [0.2, 0.25) is 0 Å². The summed E-state index contributed by atoms with van der Waals surface area (Å²) in [6, 6.07) is 11.7. The van der Waals surface area contributed by atoms with Crippen LogP contribution in [0.15, 0.2) is 42.5 Å². The molecule has 1 amide bonds. The second-order valence-electron chi connectivity index (χ2n) is 4.43. The number of amides is 1. The van der Waals surface area contributed by atoms with Gasteiger partial charge in [0.1, 0.15) is 0 Å². The van der Waals surface area contributed by atoms with Crippen LogP contribution in [0.1, 0.15) is 15.9 Å². The minimum absolute atomic E-state index is 0.136. The zero-order chi connectivity index (χ0) is 14.7.